The van der Waals surface area contributed by atoms with Crippen LogP contribution in [0.3, 0.4) is 0 Å². The number of aliphatic hydroxyl groups is 1. The molecule has 0 spiro atoms. The van der Waals surface area contributed by atoms with Crippen LogP contribution >= 0.6 is 0 Å². The number of carbonyl (C=O) groups excluding carboxylic acids is 1. The summed E-state index contributed by atoms with van der Waals surface area (Å²) in [6.45, 7) is 8.21. The summed E-state index contributed by atoms with van der Waals surface area (Å²) in [6.07, 6.45) is 4.67. The van der Waals surface area contributed by atoms with Crippen molar-refractivity contribution >= 4 is 5.78 Å². The maximum absolute atomic E-state index is 12.7. The maximum atomic E-state index is 12.7. The van der Waals surface area contributed by atoms with Gasteiger partial charge in [-0.2, -0.15) is 0 Å². The van der Waals surface area contributed by atoms with E-state index in [1.165, 1.54) is 0 Å². The zero-order valence-corrected chi connectivity index (χ0v) is 14.0. The zero-order valence-electron chi connectivity index (χ0n) is 14.0. The smallest absolute Gasteiger partial charge is 0.210 e. The van der Waals surface area contributed by atoms with Crippen molar-refractivity contribution in [2.45, 2.75) is 46.6 Å². The van der Waals surface area contributed by atoms with E-state index in [1.807, 2.05) is 27.7 Å². The van der Waals surface area contributed by atoms with Crippen LogP contribution in [0.15, 0.2) is 35.2 Å². The number of nitrogens with one attached hydrogen (secondary N) is 2. The highest BCUT2D eigenvalue weighted by Crippen LogP contribution is 2.18. The summed E-state index contributed by atoms with van der Waals surface area (Å²) in [5.74, 6) is -0.223. The number of ketones is 1. The standard InChI is InChI=1S/C16H27N3O3/c1-6-11(3)14(18-17-12(4)22-7-2)15(20)13-9-8-10-19(5)16(13)21/h8-10,12,16-18,21H,6-7H2,1-5H3/b14-11-. The van der Waals surface area contributed by atoms with Gasteiger partial charge >= 0.3 is 0 Å². The highest BCUT2D eigenvalue weighted by molar-refractivity contribution is 6.09. The quantitative estimate of drug-likeness (QED) is 0.358. The second-order valence-corrected chi connectivity index (χ2v) is 5.21. The molecule has 1 aliphatic rings. The number of likely N-dealkylation sites (N-methyl/N-ethyl adjacent to an activating group) is 1. The van der Waals surface area contributed by atoms with Gasteiger partial charge in [0, 0.05) is 19.9 Å². The molecule has 0 aliphatic carbocycles. The van der Waals surface area contributed by atoms with E-state index in [2.05, 4.69) is 10.9 Å². The number of aliphatic hydroxyl groups excluding tert-OH is 1. The number of hydrazine groups is 1. The summed E-state index contributed by atoms with van der Waals surface area (Å²) in [5.41, 5.74) is 7.60. The molecule has 0 amide bonds. The second-order valence-electron chi connectivity index (χ2n) is 5.21. The molecule has 6 nitrogen and oxygen atoms in total. The first-order valence-electron chi connectivity index (χ1n) is 7.58. The van der Waals surface area contributed by atoms with Crippen LogP contribution in [0.4, 0.5) is 0 Å². The van der Waals surface area contributed by atoms with Gasteiger partial charge in [-0.1, -0.05) is 6.92 Å². The molecule has 0 fully saturated rings. The Hall–Kier alpha value is -1.63. The Bertz CT molecular complexity index is 483. The first-order chi connectivity index (χ1) is 10.4. The van der Waals surface area contributed by atoms with Crippen LogP contribution in [-0.2, 0) is 9.53 Å². The summed E-state index contributed by atoms with van der Waals surface area (Å²) in [6, 6.07) is 0. The lowest BCUT2D eigenvalue weighted by molar-refractivity contribution is -0.114. The Kier molecular flexibility index (Phi) is 7.31. The fourth-order valence-electron chi connectivity index (χ4n) is 2.01. The summed E-state index contributed by atoms with van der Waals surface area (Å²) >= 11 is 0. The molecular formula is C16H27N3O3. The van der Waals surface area contributed by atoms with Gasteiger partial charge in [-0.15, -0.1) is 0 Å². The third-order valence-corrected chi connectivity index (χ3v) is 3.52. The van der Waals surface area contributed by atoms with Crippen molar-refractivity contribution in [2.75, 3.05) is 13.7 Å². The van der Waals surface area contributed by atoms with Crippen LogP contribution in [0.5, 0.6) is 0 Å². The summed E-state index contributed by atoms with van der Waals surface area (Å²) in [5, 5.41) is 10.2. The molecule has 22 heavy (non-hydrogen) atoms. The van der Waals surface area contributed by atoms with Crippen LogP contribution in [0.1, 0.15) is 34.1 Å². The Morgan fingerprint density at radius 1 is 1.50 bits per heavy atom. The zero-order chi connectivity index (χ0) is 16.7. The fraction of sp³-hybridized carbons (Fsp3) is 0.562. The van der Waals surface area contributed by atoms with Gasteiger partial charge in [0.1, 0.15) is 6.23 Å². The molecule has 124 valence electrons. The molecule has 2 atom stereocenters. The van der Waals surface area contributed by atoms with E-state index < -0.39 is 6.23 Å². The minimum atomic E-state index is -0.941. The van der Waals surface area contributed by atoms with E-state index in [0.717, 1.165) is 12.0 Å². The number of hydrogen-bond acceptors (Lipinski definition) is 6. The molecule has 3 N–H and O–H groups in total. The molecule has 2 unspecified atom stereocenters. The van der Waals surface area contributed by atoms with Crippen molar-refractivity contribution in [2.24, 2.45) is 0 Å². The number of carbonyl (C=O) groups is 1. The third kappa shape index (κ3) is 4.69. The predicted octanol–water partition coefficient (Wildman–Crippen LogP) is 1.42. The van der Waals surface area contributed by atoms with Crippen molar-refractivity contribution in [3.8, 4) is 0 Å². The Morgan fingerprint density at radius 3 is 2.77 bits per heavy atom. The molecule has 0 aromatic rings. The number of ether oxygens (including phenoxy) is 1. The lowest BCUT2D eigenvalue weighted by Gasteiger charge is -2.27. The predicted molar refractivity (Wildman–Crippen MR) is 86.4 cm³/mol. The Balaban J connectivity index is 2.91. The molecule has 0 aromatic carbocycles. The largest absolute Gasteiger partial charge is 0.369 e. The molecular weight excluding hydrogens is 282 g/mol. The van der Waals surface area contributed by atoms with Crippen LogP contribution in [-0.4, -0.2) is 41.9 Å². The number of nitrogens with zero attached hydrogens (tertiary/aromatic N) is 1. The van der Waals surface area contributed by atoms with Crippen molar-refractivity contribution < 1.29 is 14.6 Å². The average molecular weight is 309 g/mol. The molecule has 1 aliphatic heterocycles. The van der Waals surface area contributed by atoms with Crippen LogP contribution in [0.2, 0.25) is 0 Å². The van der Waals surface area contributed by atoms with Crippen molar-refractivity contribution in [1.29, 1.82) is 0 Å². The first kappa shape index (κ1) is 18.4. The monoisotopic (exact) mass is 309 g/mol. The lowest BCUT2D eigenvalue weighted by Crippen LogP contribution is -2.44. The lowest BCUT2D eigenvalue weighted by atomic mass is 10.0. The average Bonchev–Trinajstić information content (AvgIpc) is 2.49. The minimum Gasteiger partial charge on any atom is -0.369 e. The summed E-state index contributed by atoms with van der Waals surface area (Å²) in [4.78, 5) is 14.3. The molecule has 6 heteroatoms. The van der Waals surface area contributed by atoms with Crippen molar-refractivity contribution in [3.05, 3.63) is 35.2 Å². The van der Waals surface area contributed by atoms with E-state index in [9.17, 15) is 9.90 Å². The topological polar surface area (TPSA) is 73.8 Å². The van der Waals surface area contributed by atoms with Crippen LogP contribution < -0.4 is 10.9 Å². The number of allylic oxidation sites excluding steroid dienone is 4. The van der Waals surface area contributed by atoms with Gasteiger partial charge in [0.15, 0.2) is 6.23 Å². The van der Waals surface area contributed by atoms with Gasteiger partial charge < -0.3 is 20.2 Å². The van der Waals surface area contributed by atoms with E-state index in [-0.39, 0.29) is 12.0 Å². The second kappa shape index (κ2) is 8.73. The number of Topliss-reactive ketones (excluding diaryl/α,β-unsaturated/α-hetero) is 1. The molecule has 1 heterocycles. The van der Waals surface area contributed by atoms with Gasteiger partial charge in [-0.05, 0) is 44.9 Å². The van der Waals surface area contributed by atoms with Gasteiger partial charge in [0.2, 0.25) is 5.78 Å². The highest BCUT2D eigenvalue weighted by atomic mass is 16.5. The van der Waals surface area contributed by atoms with Crippen LogP contribution in [0.25, 0.3) is 0 Å². The summed E-state index contributed by atoms with van der Waals surface area (Å²) < 4.78 is 5.38. The molecule has 0 aromatic heterocycles. The van der Waals surface area contributed by atoms with Crippen molar-refractivity contribution in [1.82, 2.24) is 15.8 Å². The van der Waals surface area contributed by atoms with E-state index in [0.29, 0.717) is 17.9 Å². The molecule has 0 saturated carbocycles. The SMILES string of the molecule is CCOC(C)NN/C(C(=O)C1=CC=CN(C)C1O)=C(/C)CC. The van der Waals surface area contributed by atoms with E-state index in [4.69, 9.17) is 4.74 Å². The molecule has 1 rings (SSSR count). The molecule has 0 saturated heterocycles. The first-order valence-corrected chi connectivity index (χ1v) is 7.58. The molecule has 0 radical (unpaired) electrons. The maximum Gasteiger partial charge on any atom is 0.210 e. The Morgan fingerprint density at radius 2 is 2.18 bits per heavy atom. The highest BCUT2D eigenvalue weighted by Gasteiger charge is 2.26. The normalized spacial score (nSPS) is 20.4. The summed E-state index contributed by atoms with van der Waals surface area (Å²) in [7, 11) is 1.72. The van der Waals surface area contributed by atoms with Gasteiger partial charge in [0.25, 0.3) is 0 Å². The fourth-order valence-corrected chi connectivity index (χ4v) is 2.01. The van der Waals surface area contributed by atoms with Gasteiger partial charge in [-0.3, -0.25) is 4.79 Å². The van der Waals surface area contributed by atoms with E-state index >= 15 is 0 Å². The van der Waals surface area contributed by atoms with Crippen molar-refractivity contribution in [3.63, 3.8) is 0 Å². The molecule has 0 bridgehead atoms. The number of rotatable bonds is 8. The van der Waals surface area contributed by atoms with Gasteiger partial charge in [-0.25, -0.2) is 5.43 Å². The minimum absolute atomic E-state index is 0.223. The van der Waals surface area contributed by atoms with E-state index in [1.54, 1.807) is 30.3 Å². The third-order valence-electron chi connectivity index (χ3n) is 3.52. The number of hydrogen-bond donors (Lipinski definition) is 3. The Labute approximate surface area is 132 Å². The van der Waals surface area contributed by atoms with Gasteiger partial charge in [0.05, 0.1) is 11.3 Å². The van der Waals surface area contributed by atoms with Crippen LogP contribution in [0, 0.1) is 0 Å².